The second-order valence-electron chi connectivity index (χ2n) is 24.3. The molecule has 6 aromatic carbocycles. The lowest BCUT2D eigenvalue weighted by molar-refractivity contribution is 0.0990. The molecule has 7 aliphatic rings. The maximum absolute atomic E-state index is 7.70. The molecule has 0 saturated heterocycles. The van der Waals surface area contributed by atoms with Gasteiger partial charge in [0.05, 0.1) is 22.6 Å². The van der Waals surface area contributed by atoms with Crippen molar-refractivity contribution in [2.24, 2.45) is 16.7 Å². The van der Waals surface area contributed by atoms with Crippen LogP contribution < -0.4 is 21.5 Å². The number of benzene rings is 6. The van der Waals surface area contributed by atoms with Gasteiger partial charge in [-0.3, -0.25) is 0 Å². The predicted octanol–water partition coefficient (Wildman–Crippen LogP) is 14.7. The van der Waals surface area contributed by atoms with E-state index in [2.05, 4.69) is 167 Å². The average molecular weight is 861 g/mol. The number of hydrogen-bond acceptors (Lipinski definition) is 2. The molecule has 5 aliphatic carbocycles. The van der Waals surface area contributed by atoms with Gasteiger partial charge in [-0.15, -0.1) is 0 Å². The van der Waals surface area contributed by atoms with Gasteiger partial charge < -0.3 is 13.9 Å². The number of rotatable bonds is 2. The smallest absolute Gasteiger partial charge is 0.297 e. The van der Waals surface area contributed by atoms with E-state index in [1.54, 1.807) is 11.1 Å². The molecule has 0 radical (unpaired) electrons. The first-order valence-electron chi connectivity index (χ1n) is 25.7. The van der Waals surface area contributed by atoms with Crippen LogP contribution in [0.15, 0.2) is 114 Å². The summed E-state index contributed by atoms with van der Waals surface area (Å²) in [5.41, 5.74) is 23.7. The molecular weight excluding hydrogens is 800 g/mol. The Kier molecular flexibility index (Phi) is 7.22. The van der Waals surface area contributed by atoms with E-state index in [0.717, 1.165) is 11.2 Å². The van der Waals surface area contributed by atoms with Crippen molar-refractivity contribution in [2.45, 2.75) is 135 Å². The van der Waals surface area contributed by atoms with Crippen LogP contribution in [0.1, 0.15) is 146 Å². The summed E-state index contributed by atoms with van der Waals surface area (Å²) < 4.78 is 10.4. The monoisotopic (exact) mass is 860 g/mol. The van der Waals surface area contributed by atoms with Crippen molar-refractivity contribution < 1.29 is 4.42 Å². The van der Waals surface area contributed by atoms with Crippen molar-refractivity contribution in [3.8, 4) is 16.8 Å². The minimum atomic E-state index is -0.0479. The van der Waals surface area contributed by atoms with E-state index in [1.807, 2.05) is 0 Å². The lowest BCUT2D eigenvalue weighted by atomic mass is 9.36. The second kappa shape index (κ2) is 12.3. The number of nitrogens with zero attached hydrogens (tertiary/aromatic N) is 2. The number of furan rings is 1. The maximum Gasteiger partial charge on any atom is 0.297 e. The summed E-state index contributed by atoms with van der Waals surface area (Å²) in [6.07, 6.45) is 12.6. The molecule has 4 heterocycles. The van der Waals surface area contributed by atoms with E-state index >= 15 is 0 Å². The van der Waals surface area contributed by atoms with Crippen LogP contribution in [0, 0.1) is 16.7 Å². The molecule has 4 heteroatoms. The summed E-state index contributed by atoms with van der Waals surface area (Å²) >= 11 is 0. The van der Waals surface area contributed by atoms with E-state index in [-0.39, 0.29) is 33.8 Å². The summed E-state index contributed by atoms with van der Waals surface area (Å²) in [4.78, 5) is 2.78. The van der Waals surface area contributed by atoms with Crippen LogP contribution in [0.2, 0.25) is 0 Å². The molecule has 2 aliphatic heterocycles. The molecule has 1 spiro atoms. The minimum absolute atomic E-state index is 0.0341. The van der Waals surface area contributed by atoms with E-state index in [4.69, 9.17) is 4.42 Å². The molecule has 2 bridgehead atoms. The number of fused-ring (bicyclic) bond motifs is 18. The van der Waals surface area contributed by atoms with Crippen LogP contribution in [0.5, 0.6) is 0 Å². The van der Waals surface area contributed by atoms with Crippen LogP contribution in [0.3, 0.4) is 0 Å². The van der Waals surface area contributed by atoms with Gasteiger partial charge in [-0.05, 0) is 159 Å². The van der Waals surface area contributed by atoms with Crippen molar-refractivity contribution in [2.75, 3.05) is 4.90 Å². The van der Waals surface area contributed by atoms with E-state index in [0.29, 0.717) is 11.8 Å². The van der Waals surface area contributed by atoms with Gasteiger partial charge in [-0.25, -0.2) is 0 Å². The molecule has 2 aromatic heterocycles. The largest absolute Gasteiger partial charge is 0.468 e. The van der Waals surface area contributed by atoms with E-state index in [1.165, 1.54) is 153 Å². The van der Waals surface area contributed by atoms with Crippen molar-refractivity contribution in [3.63, 3.8) is 0 Å². The molecule has 3 saturated carbocycles. The van der Waals surface area contributed by atoms with Crippen molar-refractivity contribution in [1.82, 2.24) is 4.57 Å². The number of para-hydroxylation sites is 2. The molecular formula is C62H61BN2O. The summed E-state index contributed by atoms with van der Waals surface area (Å²) in [7, 11) is 0. The molecule has 66 heavy (non-hydrogen) atoms. The normalized spacial score (nSPS) is 25.7. The Hall–Kier alpha value is -5.48. The lowest BCUT2D eigenvalue weighted by Gasteiger charge is -2.48. The van der Waals surface area contributed by atoms with Crippen LogP contribution >= 0.6 is 0 Å². The van der Waals surface area contributed by atoms with Crippen LogP contribution in [-0.4, -0.2) is 11.3 Å². The van der Waals surface area contributed by atoms with Crippen LogP contribution in [0.4, 0.5) is 17.1 Å². The fourth-order valence-corrected chi connectivity index (χ4v) is 16.6. The van der Waals surface area contributed by atoms with Gasteiger partial charge >= 0.3 is 0 Å². The summed E-state index contributed by atoms with van der Waals surface area (Å²) in [6.45, 7) is 17.7. The third-order valence-corrected chi connectivity index (χ3v) is 20.5. The highest BCUT2D eigenvalue weighted by atomic mass is 16.3. The Labute approximate surface area is 390 Å². The highest BCUT2D eigenvalue weighted by Gasteiger charge is 2.71. The fraction of sp³-hybridized carbons (Fsp3) is 0.387. The molecule has 3 unspecified atom stereocenters. The standard InChI is InChI=1S/C62H61BN2O/c1-58(2)29-30-59(3,4)46-34-52-42(33-45(46)58)56-57(66-52)63-47-24-15-21-40-39-19-12-14-25-48(39)64(55(40)47)50-31-37(36-17-9-8-10-18-36)32-51(54(50)63)65(56)49-26-16-23-44-53(49)41-20-11-13-22-43(41)62(44)35-38-27-28-61(62,7)60(38,5)6/h11-16,19-26,31-34,36,38H,8-10,17-18,27-30,35H2,1-7H3. The summed E-state index contributed by atoms with van der Waals surface area (Å²) in [5.74, 6) is 1.24. The van der Waals surface area contributed by atoms with Crippen LogP contribution in [0.25, 0.3) is 49.6 Å². The van der Waals surface area contributed by atoms with Gasteiger partial charge in [0.15, 0.2) is 0 Å². The summed E-state index contributed by atoms with van der Waals surface area (Å²) in [5, 5.41) is 3.92. The van der Waals surface area contributed by atoms with Crippen molar-refractivity contribution in [1.29, 1.82) is 0 Å². The third-order valence-electron chi connectivity index (χ3n) is 20.5. The maximum atomic E-state index is 7.70. The van der Waals surface area contributed by atoms with Gasteiger partial charge in [0.1, 0.15) is 5.58 Å². The highest BCUT2D eigenvalue weighted by molar-refractivity contribution is 7.00. The Morgan fingerprint density at radius 3 is 2.11 bits per heavy atom. The zero-order valence-electron chi connectivity index (χ0n) is 40.0. The molecule has 3 atom stereocenters. The molecule has 8 aromatic rings. The molecule has 0 amide bonds. The Morgan fingerprint density at radius 2 is 1.32 bits per heavy atom. The Morgan fingerprint density at radius 1 is 0.606 bits per heavy atom. The third kappa shape index (κ3) is 4.37. The summed E-state index contributed by atoms with van der Waals surface area (Å²) in [6, 6.07) is 43.8. The molecule has 3 nitrogen and oxygen atoms in total. The van der Waals surface area contributed by atoms with Gasteiger partial charge in [-0.2, -0.15) is 0 Å². The van der Waals surface area contributed by atoms with Gasteiger partial charge in [0.2, 0.25) is 0 Å². The topological polar surface area (TPSA) is 21.3 Å². The van der Waals surface area contributed by atoms with Crippen LogP contribution in [-0.2, 0) is 16.2 Å². The molecule has 15 rings (SSSR count). The predicted molar refractivity (Wildman–Crippen MR) is 276 cm³/mol. The number of aromatic nitrogens is 1. The van der Waals surface area contributed by atoms with Gasteiger partial charge in [-0.1, -0.05) is 141 Å². The zero-order chi connectivity index (χ0) is 44.4. The SMILES string of the molecule is CC1(C)CCC(C)(C)c2cc3c4c(oc3cc21)B1c2c(cc(C3CCCCC3)cc2-n2c3ccccc3c3cccc1c32)N4c1cccc2c1-c1ccccc1C21CC2CCC1(C)C2(C)C. The quantitative estimate of drug-likeness (QED) is 0.162. The fourth-order valence-electron chi connectivity index (χ4n) is 16.6. The van der Waals surface area contributed by atoms with Gasteiger partial charge in [0.25, 0.3) is 6.71 Å². The second-order valence-corrected chi connectivity index (χ2v) is 24.3. The lowest BCUT2D eigenvalue weighted by Crippen LogP contribution is -2.60. The first-order valence-corrected chi connectivity index (χ1v) is 25.7. The van der Waals surface area contributed by atoms with E-state index < -0.39 is 0 Å². The highest BCUT2D eigenvalue weighted by Crippen LogP contribution is 2.78. The van der Waals surface area contributed by atoms with Gasteiger partial charge in [0, 0.05) is 44.0 Å². The Balaban J connectivity index is 1.11. The Bertz CT molecular complexity index is 3480. The number of anilines is 3. The first-order chi connectivity index (χ1) is 31.8. The first kappa shape index (κ1) is 38.6. The minimum Gasteiger partial charge on any atom is -0.468 e. The molecule has 328 valence electrons. The van der Waals surface area contributed by atoms with Crippen molar-refractivity contribution in [3.05, 3.63) is 137 Å². The van der Waals surface area contributed by atoms with Crippen molar-refractivity contribution >= 4 is 73.1 Å². The molecule has 3 fully saturated rings. The zero-order valence-corrected chi connectivity index (χ0v) is 40.0. The number of hydrogen-bond donors (Lipinski definition) is 0. The molecule has 0 N–H and O–H groups in total. The van der Waals surface area contributed by atoms with E-state index in [9.17, 15) is 0 Å². The average Bonchev–Trinajstić information content (AvgIpc) is 4.06.